The number of anilines is 1. The topological polar surface area (TPSA) is 58.2 Å². The lowest BCUT2D eigenvalue weighted by Crippen LogP contribution is -2.32. The zero-order valence-corrected chi connectivity index (χ0v) is 15.4. The first-order valence-corrected chi connectivity index (χ1v) is 9.42. The van der Waals surface area contributed by atoms with Crippen molar-refractivity contribution in [2.24, 2.45) is 0 Å². The van der Waals surface area contributed by atoms with Crippen LogP contribution in [-0.2, 0) is 16.0 Å². The van der Waals surface area contributed by atoms with Crippen molar-refractivity contribution in [3.05, 3.63) is 64.7 Å². The number of carbonyl (C=O) groups is 2. The maximum Gasteiger partial charge on any atom is 0.227 e. The molecule has 1 aliphatic rings. The second-order valence-electron chi connectivity index (χ2n) is 6.59. The molecule has 0 aromatic heterocycles. The van der Waals surface area contributed by atoms with Gasteiger partial charge in [-0.05, 0) is 61.1 Å². The van der Waals surface area contributed by atoms with Crippen LogP contribution in [0.3, 0.4) is 0 Å². The maximum absolute atomic E-state index is 12.5. The van der Waals surface area contributed by atoms with Gasteiger partial charge in [0.15, 0.2) is 0 Å². The quantitative estimate of drug-likeness (QED) is 0.745. The Hall–Kier alpha value is -2.33. The number of fused-ring (bicyclic) bond motifs is 1. The Morgan fingerprint density at radius 1 is 1.08 bits per heavy atom. The van der Waals surface area contributed by atoms with Gasteiger partial charge >= 0.3 is 0 Å². The number of hydrogen-bond acceptors (Lipinski definition) is 2. The third-order valence-corrected chi connectivity index (χ3v) is 4.95. The molecule has 1 atom stereocenters. The van der Waals surface area contributed by atoms with E-state index in [9.17, 15) is 9.59 Å². The van der Waals surface area contributed by atoms with Crippen LogP contribution < -0.4 is 10.6 Å². The zero-order valence-electron chi connectivity index (χ0n) is 14.6. The number of nitrogens with one attached hydrogen (secondary N) is 2. The summed E-state index contributed by atoms with van der Waals surface area (Å²) in [4.78, 5) is 24.5. The molecular formula is C21H23ClN2O2. The molecule has 1 unspecified atom stereocenters. The molecule has 3 rings (SSSR count). The Bertz CT molecular complexity index is 774. The first kappa shape index (κ1) is 18.5. The summed E-state index contributed by atoms with van der Waals surface area (Å²) in [5.41, 5.74) is 3.15. The van der Waals surface area contributed by atoms with Crippen LogP contribution in [0, 0.1) is 0 Å². The van der Waals surface area contributed by atoms with Crippen LogP contribution in [-0.4, -0.2) is 18.4 Å². The summed E-state index contributed by atoms with van der Waals surface area (Å²) in [6.45, 7) is 0.505. The fourth-order valence-corrected chi connectivity index (χ4v) is 3.49. The second kappa shape index (κ2) is 8.86. The van der Waals surface area contributed by atoms with Crippen molar-refractivity contribution in [3.8, 4) is 0 Å². The monoisotopic (exact) mass is 370 g/mol. The number of amides is 2. The molecule has 0 saturated heterocycles. The van der Waals surface area contributed by atoms with E-state index in [-0.39, 0.29) is 17.7 Å². The molecule has 0 aliphatic heterocycles. The molecule has 136 valence electrons. The molecule has 0 fully saturated rings. The standard InChI is InChI=1S/C21H23ClN2O2/c22-16-10-12-17(13-11-16)24-20(25)9-4-14-23-21(26)19-8-3-6-15-5-1-2-7-18(15)19/h1-2,5,7,10-13,19H,3-4,6,8-9,14H2,(H,23,26)(H,24,25). The fourth-order valence-electron chi connectivity index (χ4n) is 3.37. The van der Waals surface area contributed by atoms with Gasteiger partial charge in [-0.1, -0.05) is 35.9 Å². The molecule has 2 N–H and O–H groups in total. The summed E-state index contributed by atoms with van der Waals surface area (Å²) in [7, 11) is 0. The number of aryl methyl sites for hydroxylation is 1. The van der Waals surface area contributed by atoms with Gasteiger partial charge in [0, 0.05) is 23.7 Å². The normalized spacial score (nSPS) is 15.8. The summed E-state index contributed by atoms with van der Waals surface area (Å²) in [6, 6.07) is 15.2. The Morgan fingerprint density at radius 2 is 1.85 bits per heavy atom. The zero-order chi connectivity index (χ0) is 18.4. The van der Waals surface area contributed by atoms with Crippen LogP contribution in [0.5, 0.6) is 0 Å². The predicted molar refractivity (Wildman–Crippen MR) is 104 cm³/mol. The van der Waals surface area contributed by atoms with Crippen molar-refractivity contribution in [2.75, 3.05) is 11.9 Å². The lowest BCUT2D eigenvalue weighted by atomic mass is 9.82. The first-order chi connectivity index (χ1) is 12.6. The van der Waals surface area contributed by atoms with E-state index in [1.807, 2.05) is 12.1 Å². The number of benzene rings is 2. The lowest BCUT2D eigenvalue weighted by molar-refractivity contribution is -0.123. The van der Waals surface area contributed by atoms with E-state index in [4.69, 9.17) is 11.6 Å². The van der Waals surface area contributed by atoms with Gasteiger partial charge in [-0.2, -0.15) is 0 Å². The number of rotatable bonds is 6. The molecule has 0 radical (unpaired) electrons. The molecule has 5 heteroatoms. The fraction of sp³-hybridized carbons (Fsp3) is 0.333. The van der Waals surface area contributed by atoms with E-state index < -0.39 is 0 Å². The van der Waals surface area contributed by atoms with E-state index in [0.717, 1.165) is 30.5 Å². The van der Waals surface area contributed by atoms with Crippen LogP contribution in [0.25, 0.3) is 0 Å². The van der Waals surface area contributed by atoms with Crippen molar-refractivity contribution in [2.45, 2.75) is 38.0 Å². The van der Waals surface area contributed by atoms with Gasteiger partial charge in [-0.3, -0.25) is 9.59 Å². The third-order valence-electron chi connectivity index (χ3n) is 4.69. The van der Waals surface area contributed by atoms with Crippen molar-refractivity contribution in [1.29, 1.82) is 0 Å². The molecular weight excluding hydrogens is 348 g/mol. The lowest BCUT2D eigenvalue weighted by Gasteiger charge is -2.24. The van der Waals surface area contributed by atoms with Crippen LogP contribution in [0.15, 0.2) is 48.5 Å². The molecule has 2 aromatic carbocycles. The third kappa shape index (κ3) is 4.85. The Morgan fingerprint density at radius 3 is 2.65 bits per heavy atom. The molecule has 4 nitrogen and oxygen atoms in total. The van der Waals surface area contributed by atoms with Crippen molar-refractivity contribution in [1.82, 2.24) is 5.32 Å². The van der Waals surface area contributed by atoms with Crippen molar-refractivity contribution >= 4 is 29.1 Å². The largest absolute Gasteiger partial charge is 0.356 e. The SMILES string of the molecule is O=C(CCCNC(=O)C1CCCc2ccccc21)Nc1ccc(Cl)cc1. The van der Waals surface area contributed by atoms with Crippen LogP contribution in [0.1, 0.15) is 42.7 Å². The Balaban J connectivity index is 1.42. The highest BCUT2D eigenvalue weighted by molar-refractivity contribution is 6.30. The summed E-state index contributed by atoms with van der Waals surface area (Å²) in [6.07, 6.45) is 3.95. The maximum atomic E-state index is 12.5. The molecule has 1 aliphatic carbocycles. The van der Waals surface area contributed by atoms with E-state index in [1.54, 1.807) is 24.3 Å². The van der Waals surface area contributed by atoms with E-state index >= 15 is 0 Å². The molecule has 0 saturated carbocycles. The highest BCUT2D eigenvalue weighted by atomic mass is 35.5. The molecule has 0 spiro atoms. The molecule has 0 heterocycles. The van der Waals surface area contributed by atoms with E-state index in [2.05, 4.69) is 22.8 Å². The first-order valence-electron chi connectivity index (χ1n) is 9.04. The van der Waals surface area contributed by atoms with Gasteiger partial charge in [0.2, 0.25) is 11.8 Å². The van der Waals surface area contributed by atoms with Gasteiger partial charge in [-0.25, -0.2) is 0 Å². The van der Waals surface area contributed by atoms with Gasteiger partial charge in [0.05, 0.1) is 5.92 Å². The molecule has 0 bridgehead atoms. The summed E-state index contributed by atoms with van der Waals surface area (Å²) in [5, 5.41) is 6.44. The Kier molecular flexibility index (Phi) is 6.29. The van der Waals surface area contributed by atoms with Crippen LogP contribution >= 0.6 is 11.6 Å². The minimum absolute atomic E-state index is 0.0651. The second-order valence-corrected chi connectivity index (χ2v) is 7.03. The summed E-state index contributed by atoms with van der Waals surface area (Å²) >= 11 is 5.82. The van der Waals surface area contributed by atoms with Gasteiger partial charge in [0.1, 0.15) is 0 Å². The number of halogens is 1. The van der Waals surface area contributed by atoms with Gasteiger partial charge in [-0.15, -0.1) is 0 Å². The number of carbonyl (C=O) groups excluding carboxylic acids is 2. The summed E-state index contributed by atoms with van der Waals surface area (Å²) < 4.78 is 0. The minimum Gasteiger partial charge on any atom is -0.356 e. The van der Waals surface area contributed by atoms with Gasteiger partial charge < -0.3 is 10.6 Å². The minimum atomic E-state index is -0.0668. The average Bonchev–Trinajstić information content (AvgIpc) is 2.66. The van der Waals surface area contributed by atoms with Gasteiger partial charge in [0.25, 0.3) is 0 Å². The number of hydrogen-bond donors (Lipinski definition) is 2. The van der Waals surface area contributed by atoms with Crippen LogP contribution in [0.2, 0.25) is 5.02 Å². The van der Waals surface area contributed by atoms with E-state index in [0.29, 0.717) is 24.4 Å². The highest BCUT2D eigenvalue weighted by Gasteiger charge is 2.25. The summed E-state index contributed by atoms with van der Waals surface area (Å²) in [5.74, 6) is -0.0670. The predicted octanol–water partition coefficient (Wildman–Crippen LogP) is 4.30. The van der Waals surface area contributed by atoms with Crippen molar-refractivity contribution < 1.29 is 9.59 Å². The Labute approximate surface area is 158 Å². The van der Waals surface area contributed by atoms with E-state index in [1.165, 1.54) is 5.56 Å². The molecule has 2 amide bonds. The van der Waals surface area contributed by atoms with Crippen LogP contribution in [0.4, 0.5) is 5.69 Å². The highest BCUT2D eigenvalue weighted by Crippen LogP contribution is 2.31. The average molecular weight is 371 g/mol. The smallest absolute Gasteiger partial charge is 0.227 e. The molecule has 2 aromatic rings. The van der Waals surface area contributed by atoms with Crippen molar-refractivity contribution in [3.63, 3.8) is 0 Å². The molecule has 26 heavy (non-hydrogen) atoms.